The molecule has 0 radical (unpaired) electrons. The predicted molar refractivity (Wildman–Crippen MR) is 46.6 cm³/mol. The van der Waals surface area contributed by atoms with E-state index >= 15 is 0 Å². The summed E-state index contributed by atoms with van der Waals surface area (Å²) in [6.45, 7) is 0.121. The molecule has 0 saturated heterocycles. The summed E-state index contributed by atoms with van der Waals surface area (Å²) in [6, 6.07) is 4.32. The van der Waals surface area contributed by atoms with E-state index in [1.807, 2.05) is 0 Å². The zero-order valence-electron chi connectivity index (χ0n) is 6.51. The van der Waals surface area contributed by atoms with Crippen molar-refractivity contribution in [2.45, 2.75) is 0 Å². The molecule has 2 nitrogen and oxygen atoms in total. The van der Waals surface area contributed by atoms with Gasteiger partial charge in [0.05, 0.1) is 0 Å². The van der Waals surface area contributed by atoms with E-state index in [1.54, 1.807) is 6.07 Å². The lowest BCUT2D eigenvalue weighted by Gasteiger charge is -2.04. The van der Waals surface area contributed by atoms with Crippen LogP contribution in [0.15, 0.2) is 22.7 Å². The highest BCUT2D eigenvalue weighted by atomic mass is 79.9. The highest BCUT2D eigenvalue weighted by Crippen LogP contribution is 2.20. The Labute approximate surface area is 78.4 Å². The van der Waals surface area contributed by atoms with Gasteiger partial charge >= 0.3 is 0 Å². The Hall–Kier alpha value is -0.610. The smallest absolute Gasteiger partial charge is 0.188 e. The molecule has 0 atom stereocenters. The van der Waals surface area contributed by atoms with E-state index in [9.17, 15) is 4.39 Å². The van der Waals surface area contributed by atoms with Gasteiger partial charge in [0.15, 0.2) is 6.79 Å². The molecule has 0 unspecified atom stereocenters. The molecule has 0 aliphatic carbocycles. The summed E-state index contributed by atoms with van der Waals surface area (Å²) < 4.78 is 23.0. The Balaban J connectivity index is 2.72. The predicted octanol–water partition coefficient (Wildman–Crippen LogP) is 2.57. The lowest BCUT2D eigenvalue weighted by molar-refractivity contribution is 0.0509. The SMILES string of the molecule is COCOc1cc(F)cc(Br)c1. The second kappa shape index (κ2) is 4.42. The average molecular weight is 235 g/mol. The van der Waals surface area contributed by atoms with E-state index in [4.69, 9.17) is 4.74 Å². The highest BCUT2D eigenvalue weighted by Gasteiger charge is 1.98. The first-order valence-corrected chi connectivity index (χ1v) is 4.09. The molecule has 0 saturated carbocycles. The second-order valence-corrected chi connectivity index (χ2v) is 3.07. The number of hydrogen-bond donors (Lipinski definition) is 0. The van der Waals surface area contributed by atoms with Gasteiger partial charge in [-0.1, -0.05) is 15.9 Å². The molecule has 0 bridgehead atoms. The molecular formula is C8H8BrFO2. The normalized spacial score (nSPS) is 9.92. The van der Waals surface area contributed by atoms with Crippen molar-refractivity contribution in [3.05, 3.63) is 28.5 Å². The van der Waals surface area contributed by atoms with Crippen LogP contribution >= 0.6 is 15.9 Å². The molecular weight excluding hydrogens is 227 g/mol. The summed E-state index contributed by atoms with van der Waals surface area (Å²) in [4.78, 5) is 0. The van der Waals surface area contributed by atoms with Crippen molar-refractivity contribution in [2.24, 2.45) is 0 Å². The van der Waals surface area contributed by atoms with E-state index in [0.717, 1.165) is 0 Å². The van der Waals surface area contributed by atoms with Crippen molar-refractivity contribution in [1.82, 2.24) is 0 Å². The minimum Gasteiger partial charge on any atom is -0.467 e. The van der Waals surface area contributed by atoms with Gasteiger partial charge in [-0.05, 0) is 12.1 Å². The standard InChI is InChI=1S/C8H8BrFO2/c1-11-5-12-8-3-6(9)2-7(10)4-8/h2-4H,5H2,1H3. The molecule has 4 heteroatoms. The Kier molecular flexibility index (Phi) is 3.49. The number of hydrogen-bond acceptors (Lipinski definition) is 2. The third-order valence-corrected chi connectivity index (χ3v) is 1.64. The van der Waals surface area contributed by atoms with E-state index in [1.165, 1.54) is 19.2 Å². The van der Waals surface area contributed by atoms with Crippen LogP contribution in [0, 0.1) is 5.82 Å². The van der Waals surface area contributed by atoms with Gasteiger partial charge in [0.25, 0.3) is 0 Å². The van der Waals surface area contributed by atoms with Crippen molar-refractivity contribution in [3.63, 3.8) is 0 Å². The van der Waals surface area contributed by atoms with E-state index in [-0.39, 0.29) is 12.6 Å². The van der Waals surface area contributed by atoms with Crippen LogP contribution in [0.3, 0.4) is 0 Å². The van der Waals surface area contributed by atoms with E-state index < -0.39 is 0 Å². The summed E-state index contributed by atoms with van der Waals surface area (Å²) in [5.74, 6) is 0.110. The Morgan fingerprint density at radius 1 is 1.42 bits per heavy atom. The third-order valence-electron chi connectivity index (χ3n) is 1.18. The van der Waals surface area contributed by atoms with Gasteiger partial charge in [-0.3, -0.25) is 0 Å². The zero-order chi connectivity index (χ0) is 8.97. The zero-order valence-corrected chi connectivity index (χ0v) is 8.10. The summed E-state index contributed by atoms with van der Waals surface area (Å²) in [7, 11) is 1.51. The maximum Gasteiger partial charge on any atom is 0.188 e. The molecule has 1 aromatic rings. The van der Waals surface area contributed by atoms with Gasteiger partial charge < -0.3 is 9.47 Å². The van der Waals surface area contributed by atoms with Gasteiger partial charge in [0, 0.05) is 17.6 Å². The Bertz CT molecular complexity index is 245. The quantitative estimate of drug-likeness (QED) is 0.749. The fourth-order valence-corrected chi connectivity index (χ4v) is 1.18. The van der Waals surface area contributed by atoms with Gasteiger partial charge in [0.2, 0.25) is 0 Å². The highest BCUT2D eigenvalue weighted by molar-refractivity contribution is 9.10. The molecule has 0 fully saturated rings. The summed E-state index contributed by atoms with van der Waals surface area (Å²) >= 11 is 3.14. The van der Waals surface area contributed by atoms with Crippen LogP contribution in [0.25, 0.3) is 0 Å². The maximum absolute atomic E-state index is 12.7. The molecule has 0 N–H and O–H groups in total. The first kappa shape index (κ1) is 9.48. The summed E-state index contributed by atoms with van der Waals surface area (Å²) in [5, 5.41) is 0. The summed E-state index contributed by atoms with van der Waals surface area (Å²) in [5.41, 5.74) is 0. The van der Waals surface area contributed by atoms with Crippen LogP contribution in [0.5, 0.6) is 5.75 Å². The topological polar surface area (TPSA) is 18.5 Å². The van der Waals surface area contributed by atoms with Gasteiger partial charge in [0.1, 0.15) is 11.6 Å². The maximum atomic E-state index is 12.7. The minimum atomic E-state index is -0.338. The molecule has 0 heterocycles. The molecule has 66 valence electrons. The van der Waals surface area contributed by atoms with Crippen LogP contribution in [0.4, 0.5) is 4.39 Å². The lowest BCUT2D eigenvalue weighted by atomic mass is 10.3. The van der Waals surface area contributed by atoms with Crippen LogP contribution in [0.2, 0.25) is 0 Å². The van der Waals surface area contributed by atoms with E-state index in [2.05, 4.69) is 20.7 Å². The second-order valence-electron chi connectivity index (χ2n) is 2.16. The third kappa shape index (κ3) is 2.79. The number of benzene rings is 1. The number of halogens is 2. The molecule has 0 spiro atoms. The first-order chi connectivity index (χ1) is 5.72. The van der Waals surface area contributed by atoms with Crippen LogP contribution in [-0.4, -0.2) is 13.9 Å². The number of ether oxygens (including phenoxy) is 2. The lowest BCUT2D eigenvalue weighted by Crippen LogP contribution is -1.98. The number of rotatable bonds is 3. The molecule has 0 aliphatic rings. The fourth-order valence-electron chi connectivity index (χ4n) is 0.739. The monoisotopic (exact) mass is 234 g/mol. The van der Waals surface area contributed by atoms with Gasteiger partial charge in [-0.2, -0.15) is 0 Å². The van der Waals surface area contributed by atoms with Crippen molar-refractivity contribution < 1.29 is 13.9 Å². The van der Waals surface area contributed by atoms with Gasteiger partial charge in [-0.15, -0.1) is 0 Å². The number of methoxy groups -OCH3 is 1. The first-order valence-electron chi connectivity index (χ1n) is 3.30. The Morgan fingerprint density at radius 3 is 2.75 bits per heavy atom. The molecule has 1 aromatic carbocycles. The molecule has 12 heavy (non-hydrogen) atoms. The average Bonchev–Trinajstić information content (AvgIpc) is 1.99. The van der Waals surface area contributed by atoms with E-state index in [0.29, 0.717) is 10.2 Å². The molecule has 0 aromatic heterocycles. The molecule has 0 amide bonds. The Morgan fingerprint density at radius 2 is 2.17 bits per heavy atom. The van der Waals surface area contributed by atoms with Crippen molar-refractivity contribution in [1.29, 1.82) is 0 Å². The fraction of sp³-hybridized carbons (Fsp3) is 0.250. The minimum absolute atomic E-state index is 0.121. The molecule has 0 aliphatic heterocycles. The van der Waals surface area contributed by atoms with Crippen LogP contribution in [0.1, 0.15) is 0 Å². The van der Waals surface area contributed by atoms with Gasteiger partial charge in [-0.25, -0.2) is 4.39 Å². The van der Waals surface area contributed by atoms with Crippen molar-refractivity contribution in [3.8, 4) is 5.75 Å². The van der Waals surface area contributed by atoms with Crippen LogP contribution in [-0.2, 0) is 4.74 Å². The largest absolute Gasteiger partial charge is 0.467 e. The van der Waals surface area contributed by atoms with Crippen LogP contribution < -0.4 is 4.74 Å². The summed E-state index contributed by atoms with van der Waals surface area (Å²) in [6.07, 6.45) is 0. The molecule has 1 rings (SSSR count). The van der Waals surface area contributed by atoms with Crippen molar-refractivity contribution >= 4 is 15.9 Å². The van der Waals surface area contributed by atoms with Crippen molar-refractivity contribution in [2.75, 3.05) is 13.9 Å².